The third-order valence-electron chi connectivity index (χ3n) is 5.28. The second kappa shape index (κ2) is 6.59. The van der Waals surface area contributed by atoms with Crippen LogP contribution in [0.25, 0.3) is 11.0 Å². The Kier molecular flexibility index (Phi) is 4.26. The van der Waals surface area contributed by atoms with Crippen LogP contribution in [0.2, 0.25) is 0 Å². The quantitative estimate of drug-likeness (QED) is 0.783. The van der Waals surface area contributed by atoms with Crippen molar-refractivity contribution in [3.63, 3.8) is 0 Å². The van der Waals surface area contributed by atoms with E-state index in [-0.39, 0.29) is 11.9 Å². The molecule has 26 heavy (non-hydrogen) atoms. The first kappa shape index (κ1) is 16.8. The van der Waals surface area contributed by atoms with Gasteiger partial charge in [0.05, 0.1) is 22.8 Å². The molecule has 3 aromatic rings. The van der Waals surface area contributed by atoms with Gasteiger partial charge in [0.1, 0.15) is 5.82 Å². The van der Waals surface area contributed by atoms with Crippen LogP contribution in [0.5, 0.6) is 0 Å². The first-order chi connectivity index (χ1) is 12.5. The van der Waals surface area contributed by atoms with Gasteiger partial charge in [0, 0.05) is 31.2 Å². The lowest BCUT2D eigenvalue weighted by atomic mass is 9.96. The van der Waals surface area contributed by atoms with Gasteiger partial charge in [-0.15, -0.1) is 0 Å². The zero-order valence-corrected chi connectivity index (χ0v) is 15.6. The van der Waals surface area contributed by atoms with Crippen molar-refractivity contribution in [3.8, 4) is 0 Å². The van der Waals surface area contributed by atoms with E-state index in [1.54, 1.807) is 6.20 Å². The molecule has 1 aromatic carbocycles. The highest BCUT2D eigenvalue weighted by Gasteiger charge is 2.27. The molecular formula is C20H25N5O. The predicted octanol–water partition coefficient (Wildman–Crippen LogP) is 3.67. The largest absolute Gasteiger partial charge is 0.342 e. The van der Waals surface area contributed by atoms with Crippen molar-refractivity contribution >= 4 is 16.9 Å². The van der Waals surface area contributed by atoms with Crippen molar-refractivity contribution in [1.29, 1.82) is 0 Å². The molecular weight excluding hydrogens is 326 g/mol. The molecule has 0 unspecified atom stereocenters. The monoisotopic (exact) mass is 351 g/mol. The number of carbonyl (C=O) groups excluding carboxylic acids is 1. The maximum atomic E-state index is 12.7. The summed E-state index contributed by atoms with van der Waals surface area (Å²) in [5.41, 5.74) is 4.03. The summed E-state index contributed by atoms with van der Waals surface area (Å²) in [6, 6.07) is 6.48. The minimum Gasteiger partial charge on any atom is -0.342 e. The van der Waals surface area contributed by atoms with Crippen LogP contribution in [-0.2, 0) is 0 Å². The maximum absolute atomic E-state index is 12.7. The maximum Gasteiger partial charge on any atom is 0.257 e. The number of imidazole rings is 1. The Morgan fingerprint density at radius 1 is 1.27 bits per heavy atom. The molecule has 1 N–H and O–H groups in total. The first-order valence-corrected chi connectivity index (χ1v) is 9.31. The second-order valence-corrected chi connectivity index (χ2v) is 7.46. The van der Waals surface area contributed by atoms with Gasteiger partial charge in [-0.05, 0) is 45.2 Å². The van der Waals surface area contributed by atoms with Crippen LogP contribution in [0.4, 0.5) is 0 Å². The number of nitrogens with zero attached hydrogens (tertiary/aromatic N) is 4. The number of benzene rings is 1. The lowest BCUT2D eigenvalue weighted by Gasteiger charge is -2.30. The summed E-state index contributed by atoms with van der Waals surface area (Å²) in [4.78, 5) is 22.9. The standard InChI is InChI=1S/C20H25N5O/c1-13(2)25-12-16(11-21-25)20(26)24-9-7-15(8-10-24)19-22-17-6-4-5-14(3)18(17)23-19/h4-6,11-13,15H,7-10H2,1-3H3,(H,22,23). The number of hydrogen-bond acceptors (Lipinski definition) is 3. The summed E-state index contributed by atoms with van der Waals surface area (Å²) >= 11 is 0. The van der Waals surface area contributed by atoms with Gasteiger partial charge in [0.15, 0.2) is 0 Å². The predicted molar refractivity (Wildman–Crippen MR) is 101 cm³/mol. The number of hydrogen-bond donors (Lipinski definition) is 1. The number of aromatic nitrogens is 4. The minimum absolute atomic E-state index is 0.0794. The number of amides is 1. The van der Waals surface area contributed by atoms with E-state index < -0.39 is 0 Å². The third-order valence-corrected chi connectivity index (χ3v) is 5.28. The molecule has 2 aromatic heterocycles. The van der Waals surface area contributed by atoms with E-state index in [4.69, 9.17) is 4.98 Å². The van der Waals surface area contributed by atoms with Crippen molar-refractivity contribution in [2.24, 2.45) is 0 Å². The summed E-state index contributed by atoms with van der Waals surface area (Å²) in [6.45, 7) is 7.72. The smallest absolute Gasteiger partial charge is 0.257 e. The lowest BCUT2D eigenvalue weighted by molar-refractivity contribution is 0.0711. The Balaban J connectivity index is 1.44. The molecule has 6 heteroatoms. The minimum atomic E-state index is 0.0794. The van der Waals surface area contributed by atoms with Crippen molar-refractivity contribution in [2.45, 2.75) is 45.6 Å². The molecule has 136 valence electrons. The van der Waals surface area contributed by atoms with E-state index >= 15 is 0 Å². The summed E-state index contributed by atoms with van der Waals surface area (Å²) in [5, 5.41) is 4.28. The van der Waals surface area contributed by atoms with Gasteiger partial charge in [-0.25, -0.2) is 4.98 Å². The molecule has 3 heterocycles. The third kappa shape index (κ3) is 3.00. The van der Waals surface area contributed by atoms with E-state index in [0.29, 0.717) is 11.5 Å². The summed E-state index contributed by atoms with van der Waals surface area (Å²) in [7, 11) is 0. The zero-order chi connectivity index (χ0) is 18.3. The highest BCUT2D eigenvalue weighted by Crippen LogP contribution is 2.29. The lowest BCUT2D eigenvalue weighted by Crippen LogP contribution is -2.38. The number of likely N-dealkylation sites (tertiary alicyclic amines) is 1. The highest BCUT2D eigenvalue weighted by atomic mass is 16.2. The number of H-pyrrole nitrogens is 1. The van der Waals surface area contributed by atoms with Crippen LogP contribution >= 0.6 is 0 Å². The van der Waals surface area contributed by atoms with Crippen LogP contribution in [-0.4, -0.2) is 43.6 Å². The number of piperidine rings is 1. The Labute approximate surface area is 153 Å². The summed E-state index contributed by atoms with van der Waals surface area (Å²) in [6.07, 6.45) is 5.39. The molecule has 0 saturated carbocycles. The Bertz CT molecular complexity index is 931. The van der Waals surface area contributed by atoms with Gasteiger partial charge in [-0.1, -0.05) is 12.1 Å². The SMILES string of the molecule is Cc1cccc2[nH]c(C3CCN(C(=O)c4cnn(C(C)C)c4)CC3)nc12. The van der Waals surface area contributed by atoms with E-state index in [1.807, 2.05) is 15.8 Å². The fourth-order valence-corrected chi connectivity index (χ4v) is 3.66. The molecule has 0 spiro atoms. The van der Waals surface area contributed by atoms with Crippen LogP contribution in [0.3, 0.4) is 0 Å². The molecule has 1 fully saturated rings. The van der Waals surface area contributed by atoms with Crippen molar-refractivity contribution < 1.29 is 4.79 Å². The fraction of sp³-hybridized carbons (Fsp3) is 0.450. The van der Waals surface area contributed by atoms with Gasteiger partial charge in [0.2, 0.25) is 0 Å². The number of carbonyl (C=O) groups is 1. The Morgan fingerprint density at radius 2 is 2.04 bits per heavy atom. The molecule has 0 bridgehead atoms. The highest BCUT2D eigenvalue weighted by molar-refractivity contribution is 5.93. The van der Waals surface area contributed by atoms with Gasteiger partial charge in [0.25, 0.3) is 5.91 Å². The molecule has 0 aliphatic carbocycles. The summed E-state index contributed by atoms with van der Waals surface area (Å²) < 4.78 is 1.83. The number of fused-ring (bicyclic) bond motifs is 1. The normalized spacial score (nSPS) is 15.9. The van der Waals surface area contributed by atoms with E-state index in [9.17, 15) is 4.79 Å². The number of aromatic amines is 1. The first-order valence-electron chi connectivity index (χ1n) is 9.31. The average molecular weight is 351 g/mol. The molecule has 4 rings (SSSR count). The topological polar surface area (TPSA) is 66.8 Å². The molecule has 0 atom stereocenters. The van der Waals surface area contributed by atoms with Crippen molar-refractivity contribution in [1.82, 2.24) is 24.6 Å². The zero-order valence-electron chi connectivity index (χ0n) is 15.6. The Morgan fingerprint density at radius 3 is 2.69 bits per heavy atom. The average Bonchev–Trinajstić information content (AvgIpc) is 3.29. The van der Waals surface area contributed by atoms with E-state index in [0.717, 1.165) is 42.8 Å². The number of rotatable bonds is 3. The van der Waals surface area contributed by atoms with Gasteiger partial charge >= 0.3 is 0 Å². The molecule has 6 nitrogen and oxygen atoms in total. The van der Waals surface area contributed by atoms with Crippen molar-refractivity contribution in [3.05, 3.63) is 47.5 Å². The summed E-state index contributed by atoms with van der Waals surface area (Å²) in [5.74, 6) is 1.51. The van der Waals surface area contributed by atoms with Crippen LogP contribution < -0.4 is 0 Å². The van der Waals surface area contributed by atoms with Crippen molar-refractivity contribution in [2.75, 3.05) is 13.1 Å². The van der Waals surface area contributed by atoms with E-state index in [1.165, 1.54) is 5.56 Å². The molecule has 1 saturated heterocycles. The Hall–Kier alpha value is -2.63. The number of nitrogens with one attached hydrogen (secondary N) is 1. The van der Waals surface area contributed by atoms with Crippen LogP contribution in [0.15, 0.2) is 30.6 Å². The molecule has 0 radical (unpaired) electrons. The molecule has 1 aliphatic rings. The molecule has 1 amide bonds. The second-order valence-electron chi connectivity index (χ2n) is 7.46. The van der Waals surface area contributed by atoms with Crippen LogP contribution in [0.1, 0.15) is 60.4 Å². The fourth-order valence-electron chi connectivity index (χ4n) is 3.66. The van der Waals surface area contributed by atoms with Crippen LogP contribution in [0, 0.1) is 6.92 Å². The van der Waals surface area contributed by atoms with E-state index in [2.05, 4.69) is 49.1 Å². The molecule has 1 aliphatic heterocycles. The van der Waals surface area contributed by atoms with Gasteiger partial charge < -0.3 is 9.88 Å². The number of aryl methyl sites for hydroxylation is 1. The number of para-hydroxylation sites is 1. The van der Waals surface area contributed by atoms with Gasteiger partial charge in [-0.3, -0.25) is 9.48 Å². The van der Waals surface area contributed by atoms with Gasteiger partial charge in [-0.2, -0.15) is 5.10 Å².